The second-order valence-electron chi connectivity index (χ2n) is 3.91. The van der Waals surface area contributed by atoms with Gasteiger partial charge in [-0.15, -0.1) is 0 Å². The maximum atomic E-state index is 11.1. The van der Waals surface area contributed by atoms with E-state index in [-0.39, 0.29) is 12.5 Å². The van der Waals surface area contributed by atoms with Crippen molar-refractivity contribution in [3.8, 4) is 17.2 Å². The molecule has 5 nitrogen and oxygen atoms in total. The second-order valence-corrected chi connectivity index (χ2v) is 3.91. The summed E-state index contributed by atoms with van der Waals surface area (Å²) in [7, 11) is 1.51. The van der Waals surface area contributed by atoms with Gasteiger partial charge in [-0.05, 0) is 18.2 Å². The number of methoxy groups -OCH3 is 1. The second kappa shape index (κ2) is 5.58. The third-order valence-corrected chi connectivity index (χ3v) is 2.53. The van der Waals surface area contributed by atoms with Crippen molar-refractivity contribution >= 4 is 16.7 Å². The molecule has 0 heterocycles. The van der Waals surface area contributed by atoms with E-state index >= 15 is 0 Å². The summed E-state index contributed by atoms with van der Waals surface area (Å²) in [6, 6.07) is 8.20. The Morgan fingerprint density at radius 2 is 2.00 bits per heavy atom. The van der Waals surface area contributed by atoms with Crippen LogP contribution in [-0.2, 0) is 9.53 Å². The number of benzene rings is 2. The van der Waals surface area contributed by atoms with Gasteiger partial charge in [-0.3, -0.25) is 4.79 Å². The fraction of sp³-hybridized carbons (Fsp3) is 0.214. The van der Waals surface area contributed by atoms with Crippen LogP contribution in [0.4, 0.5) is 0 Å². The van der Waals surface area contributed by atoms with Gasteiger partial charge in [0.25, 0.3) is 0 Å². The van der Waals surface area contributed by atoms with Crippen molar-refractivity contribution < 1.29 is 24.1 Å². The average molecular weight is 262 g/mol. The number of ether oxygens (including phenoxy) is 3. The van der Waals surface area contributed by atoms with E-state index < -0.39 is 5.97 Å². The molecule has 0 atom stereocenters. The van der Waals surface area contributed by atoms with E-state index in [4.69, 9.17) is 14.2 Å². The Labute approximate surface area is 110 Å². The Morgan fingerprint density at radius 3 is 2.68 bits per heavy atom. The molecule has 19 heavy (non-hydrogen) atoms. The molecule has 0 aliphatic heterocycles. The average Bonchev–Trinajstić information content (AvgIpc) is 2.39. The van der Waals surface area contributed by atoms with E-state index in [1.54, 1.807) is 24.3 Å². The molecule has 0 aliphatic rings. The number of esters is 1. The summed E-state index contributed by atoms with van der Waals surface area (Å²) >= 11 is 0. The Hall–Kier alpha value is -2.27. The molecule has 0 aromatic heterocycles. The van der Waals surface area contributed by atoms with Crippen LogP contribution in [0.25, 0.3) is 10.8 Å². The van der Waals surface area contributed by atoms with Crippen LogP contribution in [0.1, 0.15) is 6.92 Å². The highest BCUT2D eigenvalue weighted by Gasteiger charge is 2.12. The highest BCUT2D eigenvalue weighted by atomic mass is 16.7. The predicted molar refractivity (Wildman–Crippen MR) is 69.4 cm³/mol. The quantitative estimate of drug-likeness (QED) is 0.521. The predicted octanol–water partition coefficient (Wildman–Crippen LogP) is 2.45. The van der Waals surface area contributed by atoms with Crippen LogP contribution < -0.4 is 9.47 Å². The lowest BCUT2D eigenvalue weighted by Crippen LogP contribution is -2.03. The molecule has 0 bridgehead atoms. The van der Waals surface area contributed by atoms with Crippen molar-refractivity contribution in [3.05, 3.63) is 30.3 Å². The van der Waals surface area contributed by atoms with E-state index in [2.05, 4.69) is 0 Å². The van der Waals surface area contributed by atoms with Gasteiger partial charge in [0.15, 0.2) is 6.79 Å². The van der Waals surface area contributed by atoms with E-state index in [1.807, 2.05) is 0 Å². The van der Waals surface area contributed by atoms with Crippen LogP contribution in [0.5, 0.6) is 17.2 Å². The minimum Gasteiger partial charge on any atom is -0.507 e. The van der Waals surface area contributed by atoms with Crippen molar-refractivity contribution in [3.63, 3.8) is 0 Å². The third kappa shape index (κ3) is 2.77. The van der Waals surface area contributed by atoms with Gasteiger partial charge >= 0.3 is 5.97 Å². The van der Waals surface area contributed by atoms with Crippen LogP contribution in [0.2, 0.25) is 0 Å². The van der Waals surface area contributed by atoms with Crippen LogP contribution >= 0.6 is 0 Å². The molecule has 2 rings (SSSR count). The number of carbonyl (C=O) groups excluding carboxylic acids is 1. The van der Waals surface area contributed by atoms with Gasteiger partial charge in [-0.25, -0.2) is 0 Å². The molecule has 2 aromatic carbocycles. The molecule has 5 heteroatoms. The molecule has 0 radical (unpaired) electrons. The molecule has 0 unspecified atom stereocenters. The molecule has 1 N–H and O–H groups in total. The molecular weight excluding hydrogens is 248 g/mol. The molecule has 0 amide bonds. The summed E-state index contributed by atoms with van der Waals surface area (Å²) in [5, 5.41) is 11.0. The van der Waals surface area contributed by atoms with Crippen LogP contribution in [0.15, 0.2) is 30.3 Å². The summed E-state index contributed by atoms with van der Waals surface area (Å²) < 4.78 is 15.3. The maximum Gasteiger partial charge on any atom is 0.308 e. The van der Waals surface area contributed by atoms with Crippen molar-refractivity contribution in [2.24, 2.45) is 0 Å². The number of hydrogen-bond acceptors (Lipinski definition) is 5. The first-order valence-corrected chi connectivity index (χ1v) is 5.68. The molecule has 0 fully saturated rings. The van der Waals surface area contributed by atoms with Crippen LogP contribution in [0, 0.1) is 0 Å². The first kappa shape index (κ1) is 13.2. The molecule has 0 aliphatic carbocycles. The zero-order chi connectivity index (χ0) is 13.8. The number of hydrogen-bond donors (Lipinski definition) is 1. The van der Waals surface area contributed by atoms with Gasteiger partial charge in [0, 0.05) is 19.4 Å². The van der Waals surface area contributed by atoms with Gasteiger partial charge in [-0.2, -0.15) is 0 Å². The number of rotatable bonds is 4. The number of phenols is 1. The summed E-state index contributed by atoms with van der Waals surface area (Å²) in [6.45, 7) is 1.39. The molecule has 0 spiro atoms. The summed E-state index contributed by atoms with van der Waals surface area (Å²) in [5.41, 5.74) is 0. The Balaban J connectivity index is 2.57. The lowest BCUT2D eigenvalue weighted by Gasteiger charge is -2.12. The zero-order valence-electron chi connectivity index (χ0n) is 10.7. The van der Waals surface area contributed by atoms with Crippen molar-refractivity contribution in [1.82, 2.24) is 0 Å². The smallest absolute Gasteiger partial charge is 0.308 e. The molecule has 2 aromatic rings. The first-order chi connectivity index (χ1) is 9.13. The van der Waals surface area contributed by atoms with Crippen molar-refractivity contribution in [2.75, 3.05) is 13.9 Å². The Kier molecular flexibility index (Phi) is 3.87. The molecule has 100 valence electrons. The third-order valence-electron chi connectivity index (χ3n) is 2.53. The number of fused-ring (bicyclic) bond motifs is 1. The van der Waals surface area contributed by atoms with E-state index in [0.29, 0.717) is 22.3 Å². The fourth-order valence-corrected chi connectivity index (χ4v) is 1.81. The number of carbonyl (C=O) groups is 1. The van der Waals surface area contributed by atoms with Gasteiger partial charge in [0.05, 0.1) is 5.39 Å². The number of aromatic hydroxyl groups is 1. The summed E-state index contributed by atoms with van der Waals surface area (Å²) in [5.74, 6) is 0.474. The van der Waals surface area contributed by atoms with Crippen LogP contribution in [-0.4, -0.2) is 25.0 Å². The zero-order valence-corrected chi connectivity index (χ0v) is 10.7. The highest BCUT2D eigenvalue weighted by Crippen LogP contribution is 2.38. The van der Waals surface area contributed by atoms with Gasteiger partial charge in [0.1, 0.15) is 17.2 Å². The standard InChI is InChI=1S/C14H14O5/c1-9(15)19-12-7-6-11(16)14-10(12)4-3-5-13(14)18-8-17-2/h3-7,16H,8H2,1-2H3. The van der Waals surface area contributed by atoms with Gasteiger partial charge in [-0.1, -0.05) is 12.1 Å². The lowest BCUT2D eigenvalue weighted by molar-refractivity contribution is -0.131. The van der Waals surface area contributed by atoms with Gasteiger partial charge < -0.3 is 19.3 Å². The Morgan fingerprint density at radius 1 is 1.21 bits per heavy atom. The minimum absolute atomic E-state index is 0.0533. The first-order valence-electron chi connectivity index (χ1n) is 5.68. The maximum absolute atomic E-state index is 11.1. The normalized spacial score (nSPS) is 10.4. The molecule has 0 saturated heterocycles. The van der Waals surface area contributed by atoms with Crippen molar-refractivity contribution in [1.29, 1.82) is 0 Å². The molecular formula is C14H14O5. The fourth-order valence-electron chi connectivity index (χ4n) is 1.81. The SMILES string of the molecule is COCOc1cccc2c(OC(C)=O)ccc(O)c12. The van der Waals surface area contributed by atoms with Crippen molar-refractivity contribution in [2.45, 2.75) is 6.92 Å². The van der Waals surface area contributed by atoms with Gasteiger partial charge in [0.2, 0.25) is 0 Å². The lowest BCUT2D eigenvalue weighted by atomic mass is 10.1. The molecule has 0 saturated carbocycles. The van der Waals surface area contributed by atoms with Crippen LogP contribution in [0.3, 0.4) is 0 Å². The van der Waals surface area contributed by atoms with E-state index in [0.717, 1.165) is 0 Å². The largest absolute Gasteiger partial charge is 0.507 e. The van der Waals surface area contributed by atoms with E-state index in [1.165, 1.54) is 20.1 Å². The Bertz CT molecular complexity index is 606. The van der Waals surface area contributed by atoms with E-state index in [9.17, 15) is 9.90 Å². The summed E-state index contributed by atoms with van der Waals surface area (Å²) in [4.78, 5) is 11.1. The monoisotopic (exact) mass is 262 g/mol. The topological polar surface area (TPSA) is 65.0 Å². The minimum atomic E-state index is -0.421. The highest BCUT2D eigenvalue weighted by molar-refractivity contribution is 5.98. The summed E-state index contributed by atoms with van der Waals surface area (Å²) in [6.07, 6.45) is 0. The number of phenolic OH excluding ortho intramolecular Hbond substituents is 1.